The fraction of sp³-hybridized carbons (Fsp3) is 0.476. The highest BCUT2D eigenvalue weighted by Gasteiger charge is 2.31. The van der Waals surface area contributed by atoms with Crippen molar-refractivity contribution in [1.82, 2.24) is 19.7 Å². The van der Waals surface area contributed by atoms with Crippen molar-refractivity contribution in [2.45, 2.75) is 26.2 Å². The second-order valence-electron chi connectivity index (χ2n) is 8.58. The van der Waals surface area contributed by atoms with Gasteiger partial charge in [-0.2, -0.15) is 10.1 Å². The molecule has 1 saturated heterocycles. The largest absolute Gasteiger partial charge is 0.342 e. The lowest BCUT2D eigenvalue weighted by Gasteiger charge is -2.39. The summed E-state index contributed by atoms with van der Waals surface area (Å²) in [5.74, 6) is 1.36. The molecule has 2 aromatic heterocycles. The number of benzene rings is 1. The van der Waals surface area contributed by atoms with Crippen molar-refractivity contribution in [3.05, 3.63) is 40.2 Å². The van der Waals surface area contributed by atoms with Crippen LogP contribution in [0.3, 0.4) is 0 Å². The van der Waals surface area contributed by atoms with Gasteiger partial charge in [-0.25, -0.2) is 0 Å². The van der Waals surface area contributed by atoms with E-state index in [0.717, 1.165) is 44.6 Å². The minimum Gasteiger partial charge on any atom is -0.342 e. The van der Waals surface area contributed by atoms with Crippen LogP contribution in [-0.4, -0.2) is 45.9 Å². The summed E-state index contributed by atoms with van der Waals surface area (Å²) in [5, 5.41) is 8.05. The van der Waals surface area contributed by atoms with Crippen LogP contribution in [0.5, 0.6) is 0 Å². The molecule has 0 spiro atoms. The van der Waals surface area contributed by atoms with Gasteiger partial charge in [0, 0.05) is 32.4 Å². The Bertz CT molecular complexity index is 1120. The van der Waals surface area contributed by atoms with Gasteiger partial charge in [0.25, 0.3) is 5.56 Å². The fourth-order valence-electron chi connectivity index (χ4n) is 4.52. The topological polar surface area (TPSA) is 96.1 Å². The highest BCUT2D eigenvalue weighted by molar-refractivity contribution is 5.91. The maximum atomic E-state index is 13.3. The molecule has 2 aliphatic heterocycles. The lowest BCUT2D eigenvalue weighted by Crippen LogP contribution is -2.44. The third kappa shape index (κ3) is 2.81. The van der Waals surface area contributed by atoms with E-state index in [0.29, 0.717) is 29.3 Å². The molecular formula is C21H27N7O. The molecule has 5 rings (SSSR count). The molecule has 4 heterocycles. The predicted octanol–water partition coefficient (Wildman–Crippen LogP) is 1.92. The van der Waals surface area contributed by atoms with E-state index in [1.165, 1.54) is 5.56 Å². The summed E-state index contributed by atoms with van der Waals surface area (Å²) in [4.78, 5) is 22.4. The average Bonchev–Trinajstić information content (AvgIpc) is 3.35. The molecule has 0 radical (unpaired) electrons. The maximum absolute atomic E-state index is 13.3. The number of piperidine rings is 1. The van der Waals surface area contributed by atoms with Gasteiger partial charge in [-0.3, -0.25) is 14.5 Å². The highest BCUT2D eigenvalue weighted by Crippen LogP contribution is 2.36. The Balaban J connectivity index is 1.54. The quantitative estimate of drug-likeness (QED) is 0.706. The summed E-state index contributed by atoms with van der Waals surface area (Å²) >= 11 is 0. The van der Waals surface area contributed by atoms with Crippen molar-refractivity contribution in [1.29, 1.82) is 0 Å². The number of para-hydroxylation sites is 1. The molecule has 2 aliphatic rings. The van der Waals surface area contributed by atoms with Crippen LogP contribution < -0.4 is 21.1 Å². The molecular weight excluding hydrogens is 366 g/mol. The van der Waals surface area contributed by atoms with Gasteiger partial charge in [0.05, 0.1) is 0 Å². The van der Waals surface area contributed by atoms with Crippen LogP contribution >= 0.6 is 0 Å². The molecule has 0 bridgehead atoms. The van der Waals surface area contributed by atoms with Gasteiger partial charge >= 0.3 is 0 Å². The summed E-state index contributed by atoms with van der Waals surface area (Å²) in [6.45, 7) is 5.43. The van der Waals surface area contributed by atoms with Crippen molar-refractivity contribution in [2.24, 2.45) is 18.2 Å². The minimum absolute atomic E-state index is 0.0645. The number of aromatic amines is 1. The number of hydrogen-bond donors (Lipinski definition) is 2. The van der Waals surface area contributed by atoms with Crippen molar-refractivity contribution in [2.75, 3.05) is 36.0 Å². The van der Waals surface area contributed by atoms with E-state index >= 15 is 0 Å². The third-order valence-corrected chi connectivity index (χ3v) is 6.65. The molecule has 3 N–H and O–H groups in total. The first-order chi connectivity index (χ1) is 14.0. The van der Waals surface area contributed by atoms with Gasteiger partial charge in [-0.05, 0) is 42.9 Å². The molecule has 0 saturated carbocycles. The van der Waals surface area contributed by atoms with Gasteiger partial charge in [-0.15, -0.1) is 0 Å². The molecule has 0 unspecified atom stereocenters. The van der Waals surface area contributed by atoms with E-state index < -0.39 is 0 Å². The summed E-state index contributed by atoms with van der Waals surface area (Å²) in [7, 11) is 1.80. The summed E-state index contributed by atoms with van der Waals surface area (Å²) < 4.78 is 1.66. The Kier molecular flexibility index (Phi) is 4.13. The maximum Gasteiger partial charge on any atom is 0.268 e. The molecule has 8 nitrogen and oxygen atoms in total. The predicted molar refractivity (Wildman–Crippen MR) is 115 cm³/mol. The molecule has 1 fully saturated rings. The zero-order chi connectivity index (χ0) is 20.2. The van der Waals surface area contributed by atoms with Gasteiger partial charge in [0.1, 0.15) is 5.39 Å². The molecule has 3 aromatic rings. The van der Waals surface area contributed by atoms with Crippen LogP contribution in [-0.2, 0) is 13.5 Å². The Labute approximate surface area is 169 Å². The average molecular weight is 393 g/mol. The molecule has 0 aliphatic carbocycles. The number of rotatable bonds is 3. The number of nitrogens with two attached hydrogens (primary N) is 1. The zero-order valence-electron chi connectivity index (χ0n) is 17.0. The van der Waals surface area contributed by atoms with E-state index in [1.54, 1.807) is 11.6 Å². The molecule has 8 heteroatoms. The van der Waals surface area contributed by atoms with E-state index in [1.807, 2.05) is 12.1 Å². The van der Waals surface area contributed by atoms with Crippen LogP contribution in [0, 0.1) is 5.41 Å². The SMILES string of the molecule is Cn1c(N2CCC(C)(CN)CC2)nc2[nH]nc(N3CCc4ccccc43)c2c1=O. The molecule has 0 atom stereocenters. The Morgan fingerprint density at radius 2 is 1.97 bits per heavy atom. The fourth-order valence-corrected chi connectivity index (χ4v) is 4.52. The molecule has 1 aromatic carbocycles. The third-order valence-electron chi connectivity index (χ3n) is 6.65. The normalized spacial score (nSPS) is 18.4. The summed E-state index contributed by atoms with van der Waals surface area (Å²) in [6, 6.07) is 8.28. The Hall–Kier alpha value is -2.87. The number of nitrogens with one attached hydrogen (secondary N) is 1. The highest BCUT2D eigenvalue weighted by atomic mass is 16.1. The van der Waals surface area contributed by atoms with Gasteiger partial charge < -0.3 is 15.5 Å². The lowest BCUT2D eigenvalue weighted by atomic mass is 9.81. The molecule has 152 valence electrons. The molecule has 0 amide bonds. The first-order valence-electron chi connectivity index (χ1n) is 10.3. The number of aromatic nitrogens is 4. The lowest BCUT2D eigenvalue weighted by molar-refractivity contribution is 0.256. The second kappa shape index (κ2) is 6.59. The van der Waals surface area contributed by atoms with Crippen LogP contribution in [0.15, 0.2) is 29.1 Å². The van der Waals surface area contributed by atoms with E-state index in [4.69, 9.17) is 10.7 Å². The van der Waals surface area contributed by atoms with Gasteiger partial charge in [-0.1, -0.05) is 25.1 Å². The number of hydrogen-bond acceptors (Lipinski definition) is 6. The standard InChI is InChI=1S/C21H27N7O/c1-21(13-22)8-11-27(12-9-21)20-23-17-16(19(29)26(20)2)18(25-24-17)28-10-7-14-5-3-4-6-15(14)28/h3-6H,7-13,22H2,1-2H3,(H,24,25). The van der Waals surface area contributed by atoms with Gasteiger partial charge in [0.2, 0.25) is 5.95 Å². The van der Waals surface area contributed by atoms with E-state index in [9.17, 15) is 4.79 Å². The van der Waals surface area contributed by atoms with Gasteiger partial charge in [0.15, 0.2) is 11.5 Å². The van der Waals surface area contributed by atoms with Crippen LogP contribution in [0.25, 0.3) is 11.0 Å². The Morgan fingerprint density at radius 3 is 2.72 bits per heavy atom. The van der Waals surface area contributed by atoms with Crippen molar-refractivity contribution < 1.29 is 0 Å². The van der Waals surface area contributed by atoms with Crippen LogP contribution in [0.2, 0.25) is 0 Å². The first-order valence-corrected chi connectivity index (χ1v) is 10.3. The summed E-state index contributed by atoms with van der Waals surface area (Å²) in [6.07, 6.45) is 2.94. The number of nitrogens with zero attached hydrogens (tertiary/aromatic N) is 5. The van der Waals surface area contributed by atoms with Crippen LogP contribution in [0.4, 0.5) is 17.5 Å². The second-order valence-corrected chi connectivity index (χ2v) is 8.58. The molecule has 29 heavy (non-hydrogen) atoms. The number of anilines is 3. The smallest absolute Gasteiger partial charge is 0.268 e. The van der Waals surface area contributed by atoms with Crippen molar-refractivity contribution >= 4 is 28.5 Å². The number of H-pyrrole nitrogens is 1. The zero-order valence-corrected chi connectivity index (χ0v) is 17.0. The Morgan fingerprint density at radius 1 is 1.21 bits per heavy atom. The van der Waals surface area contributed by atoms with E-state index in [-0.39, 0.29) is 11.0 Å². The van der Waals surface area contributed by atoms with Crippen LogP contribution in [0.1, 0.15) is 25.3 Å². The minimum atomic E-state index is -0.0645. The number of fused-ring (bicyclic) bond motifs is 2. The van der Waals surface area contributed by atoms with E-state index in [2.05, 4.69) is 39.1 Å². The monoisotopic (exact) mass is 393 g/mol. The first kappa shape index (κ1) is 18.2. The van der Waals surface area contributed by atoms with Crippen molar-refractivity contribution in [3.63, 3.8) is 0 Å². The summed E-state index contributed by atoms with van der Waals surface area (Å²) in [5.41, 5.74) is 8.99. The van der Waals surface area contributed by atoms with Crippen molar-refractivity contribution in [3.8, 4) is 0 Å².